The molecule has 140 valence electrons. The molecule has 0 saturated carbocycles. The molecule has 5 rings (SSSR count). The highest BCUT2D eigenvalue weighted by molar-refractivity contribution is 6.30. The van der Waals surface area contributed by atoms with Gasteiger partial charge in [-0.25, -0.2) is 0 Å². The first kappa shape index (κ1) is 16.8. The highest BCUT2D eigenvalue weighted by atomic mass is 16.6. The largest absolute Gasteiger partial charge is 0.281 e. The van der Waals surface area contributed by atoms with Gasteiger partial charge in [0.1, 0.15) is 0 Å². The fourth-order valence-electron chi connectivity index (χ4n) is 3.77. The Morgan fingerprint density at radius 3 is 1.66 bits per heavy atom. The van der Waals surface area contributed by atoms with Crippen LogP contribution in [0.2, 0.25) is 0 Å². The van der Waals surface area contributed by atoms with Gasteiger partial charge in [-0.15, -0.1) is 0 Å². The minimum absolute atomic E-state index is 0.00245. The third-order valence-electron chi connectivity index (χ3n) is 5.03. The van der Waals surface area contributed by atoms with Crippen LogP contribution in [0.15, 0.2) is 54.6 Å². The van der Waals surface area contributed by atoms with Crippen LogP contribution in [0.1, 0.15) is 41.4 Å². The number of rotatable bonds is 2. The third-order valence-corrected chi connectivity index (χ3v) is 5.03. The summed E-state index contributed by atoms with van der Waals surface area (Å²) in [5, 5.41) is 12.6. The van der Waals surface area contributed by atoms with Crippen molar-refractivity contribution in [1.82, 2.24) is 10.0 Å². The van der Waals surface area contributed by atoms with E-state index >= 15 is 0 Å². The summed E-state index contributed by atoms with van der Waals surface area (Å²) in [7, 11) is 0. The molecule has 0 spiro atoms. The zero-order valence-electron chi connectivity index (χ0n) is 14.5. The predicted molar refractivity (Wildman–Crippen MR) is 98.0 cm³/mol. The topological polar surface area (TPSA) is 118 Å². The maximum atomic E-state index is 13.1. The van der Waals surface area contributed by atoms with E-state index in [4.69, 9.17) is 0 Å². The molecule has 2 aliphatic rings. The van der Waals surface area contributed by atoms with Crippen molar-refractivity contribution < 1.29 is 24.1 Å². The van der Waals surface area contributed by atoms with Crippen molar-refractivity contribution in [3.05, 3.63) is 87.0 Å². The zero-order valence-corrected chi connectivity index (χ0v) is 14.5. The van der Waals surface area contributed by atoms with Crippen LogP contribution in [-0.4, -0.2) is 38.6 Å². The lowest BCUT2D eigenvalue weighted by atomic mass is 9.94. The average Bonchev–Trinajstić information content (AvgIpc) is 2.97. The Morgan fingerprint density at radius 2 is 1.10 bits per heavy atom. The molecule has 9 nitrogen and oxygen atoms in total. The number of hydrogen-bond acceptors (Lipinski definition) is 6. The summed E-state index contributed by atoms with van der Waals surface area (Å²) in [6.45, 7) is 0. The smallest absolute Gasteiger partial charge is 0.267 e. The Kier molecular flexibility index (Phi) is 3.21. The molecule has 3 aromatic carbocycles. The van der Waals surface area contributed by atoms with Crippen LogP contribution < -0.4 is 0 Å². The van der Waals surface area contributed by atoms with E-state index in [-0.39, 0.29) is 38.7 Å². The maximum Gasteiger partial charge on any atom is 0.281 e. The number of nitro benzene ring substituents is 1. The van der Waals surface area contributed by atoms with Crippen molar-refractivity contribution in [2.75, 3.05) is 0 Å². The van der Waals surface area contributed by atoms with E-state index in [1.807, 2.05) is 0 Å². The van der Waals surface area contributed by atoms with Crippen molar-refractivity contribution in [1.29, 1.82) is 0 Å². The van der Waals surface area contributed by atoms with Gasteiger partial charge in [0.15, 0.2) is 0 Å². The molecule has 0 radical (unpaired) electrons. The number of nitrogens with zero attached hydrogens (tertiary/aromatic N) is 3. The number of fused-ring (bicyclic) bond motifs is 1. The molecule has 4 amide bonds. The Bertz CT molecular complexity index is 1270. The standard InChI is InChI=1S/C20H9N3O6/c24-17-10-4-1-2-5-11(10)18(25)21(17)22-19(26)13-7-3-6-12-15(23(28)29)9-8-14(16(12)13)20(22)27/h1-9H. The molecule has 0 atom stereocenters. The minimum Gasteiger partial charge on any atom is -0.267 e. The van der Waals surface area contributed by atoms with Gasteiger partial charge in [0.25, 0.3) is 29.3 Å². The van der Waals surface area contributed by atoms with Crippen molar-refractivity contribution in [2.45, 2.75) is 0 Å². The first-order valence-corrected chi connectivity index (χ1v) is 8.48. The molecule has 0 aromatic heterocycles. The molecule has 0 saturated heterocycles. The fraction of sp³-hybridized carbons (Fsp3) is 0. The van der Waals surface area contributed by atoms with E-state index in [0.717, 1.165) is 6.07 Å². The third kappa shape index (κ3) is 2.03. The van der Waals surface area contributed by atoms with Crippen LogP contribution in [0.5, 0.6) is 0 Å². The number of nitro groups is 1. The molecule has 0 N–H and O–H groups in total. The van der Waals surface area contributed by atoms with Crippen LogP contribution >= 0.6 is 0 Å². The lowest BCUT2D eigenvalue weighted by Gasteiger charge is -2.31. The highest BCUT2D eigenvalue weighted by Crippen LogP contribution is 2.37. The van der Waals surface area contributed by atoms with E-state index in [9.17, 15) is 29.3 Å². The molecule has 0 fully saturated rings. The number of carbonyl (C=O) groups excluding carboxylic acids is 4. The Hall–Kier alpha value is -4.40. The van der Waals surface area contributed by atoms with Gasteiger partial charge in [0.2, 0.25) is 0 Å². The number of non-ortho nitro benzene ring substituents is 1. The van der Waals surface area contributed by atoms with Gasteiger partial charge < -0.3 is 0 Å². The quantitative estimate of drug-likeness (QED) is 0.379. The molecule has 9 heteroatoms. The second-order valence-corrected chi connectivity index (χ2v) is 6.51. The molecule has 2 aliphatic heterocycles. The van der Waals surface area contributed by atoms with E-state index < -0.39 is 28.6 Å². The number of hydrogen-bond donors (Lipinski definition) is 0. The van der Waals surface area contributed by atoms with Crippen LogP contribution in [0.25, 0.3) is 10.8 Å². The summed E-state index contributed by atoms with van der Waals surface area (Å²) in [5.74, 6) is -3.37. The first-order chi connectivity index (χ1) is 13.9. The summed E-state index contributed by atoms with van der Waals surface area (Å²) in [4.78, 5) is 62.5. The van der Waals surface area contributed by atoms with Gasteiger partial charge in [-0.1, -0.05) is 18.2 Å². The minimum atomic E-state index is -0.900. The Labute approximate surface area is 161 Å². The molecule has 0 bridgehead atoms. The zero-order chi connectivity index (χ0) is 20.4. The van der Waals surface area contributed by atoms with Crippen LogP contribution in [0, 0.1) is 10.1 Å². The number of benzene rings is 3. The Morgan fingerprint density at radius 1 is 0.621 bits per heavy atom. The lowest BCUT2D eigenvalue weighted by molar-refractivity contribution is -0.383. The fourth-order valence-corrected chi connectivity index (χ4v) is 3.77. The highest BCUT2D eigenvalue weighted by Gasteiger charge is 2.47. The average molecular weight is 387 g/mol. The summed E-state index contributed by atoms with van der Waals surface area (Å²) in [6, 6.07) is 12.7. The van der Waals surface area contributed by atoms with E-state index in [0.29, 0.717) is 10.0 Å². The number of carbonyl (C=O) groups is 4. The normalized spacial score (nSPS) is 15.3. The first-order valence-electron chi connectivity index (χ1n) is 8.48. The molecular formula is C20H9N3O6. The SMILES string of the molecule is O=C1c2ccccc2C(=O)N1N1C(=O)c2cccc3c([N+](=O)[O-])ccc(c23)C1=O. The monoisotopic (exact) mass is 387 g/mol. The summed E-state index contributed by atoms with van der Waals surface area (Å²) >= 11 is 0. The van der Waals surface area contributed by atoms with Crippen LogP contribution in [0.3, 0.4) is 0 Å². The molecule has 29 heavy (non-hydrogen) atoms. The predicted octanol–water partition coefficient (Wildman–Crippen LogP) is 2.56. The van der Waals surface area contributed by atoms with Crippen LogP contribution in [0.4, 0.5) is 5.69 Å². The molecule has 2 heterocycles. The molecular weight excluding hydrogens is 378 g/mol. The maximum absolute atomic E-state index is 13.1. The Balaban J connectivity index is 1.71. The van der Waals surface area contributed by atoms with Gasteiger partial charge in [0.05, 0.1) is 32.6 Å². The second-order valence-electron chi connectivity index (χ2n) is 6.51. The van der Waals surface area contributed by atoms with Crippen molar-refractivity contribution >= 4 is 40.1 Å². The van der Waals surface area contributed by atoms with Gasteiger partial charge in [-0.2, -0.15) is 10.0 Å². The summed E-state index contributed by atoms with van der Waals surface area (Å²) < 4.78 is 0. The summed E-state index contributed by atoms with van der Waals surface area (Å²) in [5.41, 5.74) is -0.0771. The molecule has 0 aliphatic carbocycles. The summed E-state index contributed by atoms with van der Waals surface area (Å²) in [6.07, 6.45) is 0. The molecule has 0 unspecified atom stereocenters. The van der Waals surface area contributed by atoms with Crippen molar-refractivity contribution in [3.63, 3.8) is 0 Å². The van der Waals surface area contributed by atoms with Gasteiger partial charge in [-0.05, 0) is 30.3 Å². The second kappa shape index (κ2) is 5.55. The number of imide groups is 2. The number of hydrazine groups is 1. The van der Waals surface area contributed by atoms with Crippen molar-refractivity contribution in [3.8, 4) is 0 Å². The van der Waals surface area contributed by atoms with E-state index in [2.05, 4.69) is 0 Å². The van der Waals surface area contributed by atoms with E-state index in [1.165, 1.54) is 36.4 Å². The van der Waals surface area contributed by atoms with Gasteiger partial charge in [-0.3, -0.25) is 29.3 Å². The van der Waals surface area contributed by atoms with Gasteiger partial charge in [0, 0.05) is 11.5 Å². The van der Waals surface area contributed by atoms with E-state index in [1.54, 1.807) is 12.1 Å². The van der Waals surface area contributed by atoms with Crippen molar-refractivity contribution in [2.24, 2.45) is 0 Å². The lowest BCUT2D eigenvalue weighted by Crippen LogP contribution is -2.54. The van der Waals surface area contributed by atoms with Crippen LogP contribution in [-0.2, 0) is 0 Å². The number of amides is 4. The van der Waals surface area contributed by atoms with Gasteiger partial charge >= 0.3 is 0 Å². The molecule has 3 aromatic rings.